The highest BCUT2D eigenvalue weighted by molar-refractivity contribution is 5.73. The van der Waals surface area contributed by atoms with Crippen molar-refractivity contribution in [1.82, 2.24) is 5.32 Å². The number of non-ortho nitro benzene ring substituents is 1. The van der Waals surface area contributed by atoms with Gasteiger partial charge in [0, 0.05) is 24.6 Å². The van der Waals surface area contributed by atoms with E-state index in [1.165, 1.54) is 19.1 Å². The molecule has 0 atom stereocenters. The second kappa shape index (κ2) is 5.66. The SMILES string of the molecule is CC(=O)NCC#Cc1ccc([N+](=O)[O-])cc1C. The fourth-order valence-electron chi connectivity index (χ4n) is 1.21. The summed E-state index contributed by atoms with van der Waals surface area (Å²) in [6.07, 6.45) is 0. The topological polar surface area (TPSA) is 72.2 Å². The van der Waals surface area contributed by atoms with Crippen LogP contribution in [0.1, 0.15) is 18.1 Å². The molecule has 0 fully saturated rings. The Labute approximate surface area is 99.0 Å². The predicted molar refractivity (Wildman–Crippen MR) is 63.4 cm³/mol. The first-order chi connectivity index (χ1) is 8.00. The van der Waals surface area contributed by atoms with Crippen LogP contribution in [-0.4, -0.2) is 17.4 Å². The van der Waals surface area contributed by atoms with E-state index in [1.54, 1.807) is 13.0 Å². The fourth-order valence-corrected chi connectivity index (χ4v) is 1.21. The normalized spacial score (nSPS) is 9.06. The minimum atomic E-state index is -0.443. The maximum atomic E-state index is 10.6. The van der Waals surface area contributed by atoms with E-state index < -0.39 is 4.92 Å². The van der Waals surface area contributed by atoms with Crippen molar-refractivity contribution in [3.05, 3.63) is 39.4 Å². The van der Waals surface area contributed by atoms with E-state index in [1.807, 2.05) is 0 Å². The van der Waals surface area contributed by atoms with Crippen LogP contribution in [0.4, 0.5) is 5.69 Å². The van der Waals surface area contributed by atoms with Crippen LogP contribution in [0.25, 0.3) is 0 Å². The number of rotatable bonds is 2. The van der Waals surface area contributed by atoms with Crippen LogP contribution in [0.2, 0.25) is 0 Å². The number of nitrogens with one attached hydrogen (secondary N) is 1. The van der Waals surface area contributed by atoms with Crippen molar-refractivity contribution in [2.45, 2.75) is 13.8 Å². The summed E-state index contributed by atoms with van der Waals surface area (Å²) in [5.41, 5.74) is 1.52. The molecule has 1 aromatic carbocycles. The Morgan fingerprint density at radius 3 is 2.76 bits per heavy atom. The van der Waals surface area contributed by atoms with Crippen molar-refractivity contribution in [1.29, 1.82) is 0 Å². The van der Waals surface area contributed by atoms with Crippen molar-refractivity contribution >= 4 is 11.6 Å². The van der Waals surface area contributed by atoms with E-state index >= 15 is 0 Å². The molecule has 0 saturated carbocycles. The lowest BCUT2D eigenvalue weighted by molar-refractivity contribution is -0.384. The van der Waals surface area contributed by atoms with Gasteiger partial charge in [-0.2, -0.15) is 0 Å². The third-order valence-electron chi connectivity index (χ3n) is 2.07. The minimum Gasteiger partial charge on any atom is -0.345 e. The lowest BCUT2D eigenvalue weighted by atomic mass is 10.1. The van der Waals surface area contributed by atoms with Gasteiger partial charge < -0.3 is 5.32 Å². The van der Waals surface area contributed by atoms with E-state index in [0.29, 0.717) is 0 Å². The van der Waals surface area contributed by atoms with Gasteiger partial charge in [0.15, 0.2) is 0 Å². The van der Waals surface area contributed by atoms with Gasteiger partial charge in [0.05, 0.1) is 11.5 Å². The van der Waals surface area contributed by atoms with Gasteiger partial charge in [0.1, 0.15) is 0 Å². The molecule has 1 rings (SSSR count). The summed E-state index contributed by atoms with van der Waals surface area (Å²) in [5, 5.41) is 13.1. The largest absolute Gasteiger partial charge is 0.345 e. The lowest BCUT2D eigenvalue weighted by Crippen LogP contribution is -2.19. The highest BCUT2D eigenvalue weighted by Crippen LogP contribution is 2.15. The number of benzene rings is 1. The van der Waals surface area contributed by atoms with Crippen LogP contribution in [0, 0.1) is 28.9 Å². The Morgan fingerprint density at radius 2 is 2.24 bits per heavy atom. The molecule has 1 aromatic rings. The number of aryl methyl sites for hydroxylation is 1. The predicted octanol–water partition coefficient (Wildman–Crippen LogP) is 1.39. The Morgan fingerprint density at radius 1 is 1.53 bits per heavy atom. The van der Waals surface area contributed by atoms with Crippen LogP contribution < -0.4 is 5.32 Å². The minimum absolute atomic E-state index is 0.0508. The van der Waals surface area contributed by atoms with Gasteiger partial charge in [0.2, 0.25) is 5.91 Å². The zero-order valence-corrected chi connectivity index (χ0v) is 9.61. The van der Waals surface area contributed by atoms with Gasteiger partial charge in [-0.15, -0.1) is 0 Å². The monoisotopic (exact) mass is 232 g/mol. The van der Waals surface area contributed by atoms with Gasteiger partial charge in [-0.1, -0.05) is 11.8 Å². The second-order valence-corrected chi connectivity index (χ2v) is 3.47. The third-order valence-corrected chi connectivity index (χ3v) is 2.07. The first-order valence-electron chi connectivity index (χ1n) is 4.99. The molecule has 0 radical (unpaired) electrons. The maximum Gasteiger partial charge on any atom is 0.269 e. The van der Waals surface area contributed by atoms with Crippen molar-refractivity contribution in [2.24, 2.45) is 0 Å². The van der Waals surface area contributed by atoms with Crippen molar-refractivity contribution in [3.63, 3.8) is 0 Å². The molecule has 0 bridgehead atoms. The Hall–Kier alpha value is -2.35. The third kappa shape index (κ3) is 3.95. The van der Waals surface area contributed by atoms with Crippen LogP contribution >= 0.6 is 0 Å². The van der Waals surface area contributed by atoms with Crippen LogP contribution in [0.3, 0.4) is 0 Å². The Kier molecular flexibility index (Phi) is 4.23. The first-order valence-corrected chi connectivity index (χ1v) is 4.99. The quantitative estimate of drug-likeness (QED) is 0.475. The number of hydrogen-bond acceptors (Lipinski definition) is 3. The van der Waals surface area contributed by atoms with E-state index in [2.05, 4.69) is 17.2 Å². The van der Waals surface area contributed by atoms with Crippen LogP contribution in [0.5, 0.6) is 0 Å². The molecular weight excluding hydrogens is 220 g/mol. The molecule has 0 aliphatic carbocycles. The molecule has 17 heavy (non-hydrogen) atoms. The van der Waals surface area contributed by atoms with Gasteiger partial charge in [-0.3, -0.25) is 14.9 Å². The number of hydrogen-bond donors (Lipinski definition) is 1. The summed E-state index contributed by atoms with van der Waals surface area (Å²) < 4.78 is 0. The number of nitro groups is 1. The number of nitrogens with zero attached hydrogens (tertiary/aromatic N) is 1. The summed E-state index contributed by atoms with van der Waals surface area (Å²) in [4.78, 5) is 20.7. The standard InChI is InChI=1S/C12H12N2O3/c1-9-8-12(14(16)17)6-5-11(9)4-3-7-13-10(2)15/h5-6,8H,7H2,1-2H3,(H,13,15). The molecule has 0 aliphatic rings. The van der Waals surface area contributed by atoms with Gasteiger partial charge in [-0.25, -0.2) is 0 Å². The second-order valence-electron chi connectivity index (χ2n) is 3.47. The molecule has 5 heteroatoms. The number of nitro benzene ring substituents is 1. The van der Waals surface area contributed by atoms with Gasteiger partial charge >= 0.3 is 0 Å². The summed E-state index contributed by atoms with van der Waals surface area (Å²) in [5.74, 6) is 5.48. The number of amides is 1. The van der Waals surface area contributed by atoms with Gasteiger partial charge in [-0.05, 0) is 18.6 Å². The van der Waals surface area contributed by atoms with Crippen molar-refractivity contribution in [3.8, 4) is 11.8 Å². The summed E-state index contributed by atoms with van der Waals surface area (Å²) >= 11 is 0. The van der Waals surface area contributed by atoms with E-state index in [9.17, 15) is 14.9 Å². The van der Waals surface area contributed by atoms with E-state index in [4.69, 9.17) is 0 Å². The van der Waals surface area contributed by atoms with Crippen LogP contribution in [-0.2, 0) is 4.79 Å². The number of carbonyl (C=O) groups is 1. The van der Waals surface area contributed by atoms with Crippen LogP contribution in [0.15, 0.2) is 18.2 Å². The summed E-state index contributed by atoms with van der Waals surface area (Å²) in [7, 11) is 0. The lowest BCUT2D eigenvalue weighted by Gasteiger charge is -1.97. The fraction of sp³-hybridized carbons (Fsp3) is 0.250. The molecule has 0 spiro atoms. The maximum absolute atomic E-state index is 10.6. The smallest absolute Gasteiger partial charge is 0.269 e. The Balaban J connectivity index is 2.79. The molecular formula is C12H12N2O3. The first kappa shape index (κ1) is 12.7. The summed E-state index contributed by atoms with van der Waals surface area (Å²) in [6.45, 7) is 3.44. The molecule has 1 N–H and O–H groups in total. The highest BCUT2D eigenvalue weighted by atomic mass is 16.6. The number of carbonyl (C=O) groups excluding carboxylic acids is 1. The highest BCUT2D eigenvalue weighted by Gasteiger charge is 2.06. The average Bonchev–Trinajstić information content (AvgIpc) is 2.25. The molecule has 1 amide bonds. The molecule has 0 saturated heterocycles. The zero-order chi connectivity index (χ0) is 12.8. The Bertz CT molecular complexity index is 512. The van der Waals surface area contributed by atoms with Crippen molar-refractivity contribution in [2.75, 3.05) is 6.54 Å². The van der Waals surface area contributed by atoms with E-state index in [0.717, 1.165) is 11.1 Å². The zero-order valence-electron chi connectivity index (χ0n) is 9.61. The average molecular weight is 232 g/mol. The molecule has 0 heterocycles. The summed E-state index contributed by atoms with van der Waals surface area (Å²) in [6, 6.07) is 4.49. The molecule has 0 unspecified atom stereocenters. The van der Waals surface area contributed by atoms with E-state index in [-0.39, 0.29) is 18.1 Å². The molecule has 5 nitrogen and oxygen atoms in total. The molecule has 88 valence electrons. The van der Waals surface area contributed by atoms with Gasteiger partial charge in [0.25, 0.3) is 5.69 Å². The molecule has 0 aromatic heterocycles. The van der Waals surface area contributed by atoms with Crippen molar-refractivity contribution < 1.29 is 9.72 Å². The molecule has 0 aliphatic heterocycles.